The fourth-order valence-electron chi connectivity index (χ4n) is 2.59. The minimum absolute atomic E-state index is 0.143. The van der Waals surface area contributed by atoms with Crippen molar-refractivity contribution in [2.24, 2.45) is 17.6 Å². The number of hydrogen-bond acceptors (Lipinski definition) is 3. The van der Waals surface area contributed by atoms with E-state index in [1.165, 1.54) is 6.42 Å². The summed E-state index contributed by atoms with van der Waals surface area (Å²) in [6, 6.07) is 0.0152. The molecule has 4 heteroatoms. The van der Waals surface area contributed by atoms with E-state index >= 15 is 0 Å². The fourth-order valence-corrected chi connectivity index (χ4v) is 3.08. The molecule has 100 valence electrons. The molecule has 2 N–H and O–H groups in total. The SMILES string of the molecule is CSCC[C@@H](N)C(=O)N1CC(C)CC(C)C1C. The van der Waals surface area contributed by atoms with Crippen molar-refractivity contribution in [2.45, 2.75) is 45.7 Å². The van der Waals surface area contributed by atoms with Crippen molar-refractivity contribution in [1.29, 1.82) is 0 Å². The zero-order chi connectivity index (χ0) is 13.0. The van der Waals surface area contributed by atoms with E-state index in [0.29, 0.717) is 17.9 Å². The van der Waals surface area contributed by atoms with Crippen LogP contribution in [0.1, 0.15) is 33.6 Å². The number of hydrogen-bond donors (Lipinski definition) is 1. The molecule has 1 aliphatic rings. The first-order valence-corrected chi connectivity index (χ1v) is 7.91. The largest absolute Gasteiger partial charge is 0.338 e. The number of nitrogens with two attached hydrogens (primary N) is 1. The average Bonchev–Trinajstić information content (AvgIpc) is 2.29. The molecule has 0 bridgehead atoms. The molecule has 0 spiro atoms. The molecule has 17 heavy (non-hydrogen) atoms. The zero-order valence-corrected chi connectivity index (χ0v) is 12.3. The van der Waals surface area contributed by atoms with E-state index in [2.05, 4.69) is 20.8 Å². The van der Waals surface area contributed by atoms with E-state index in [1.54, 1.807) is 11.8 Å². The van der Waals surface area contributed by atoms with Crippen molar-refractivity contribution in [1.82, 2.24) is 4.90 Å². The fraction of sp³-hybridized carbons (Fsp3) is 0.923. The first-order chi connectivity index (χ1) is 7.97. The van der Waals surface area contributed by atoms with E-state index in [9.17, 15) is 4.79 Å². The Labute approximate surface area is 109 Å². The highest BCUT2D eigenvalue weighted by molar-refractivity contribution is 7.98. The smallest absolute Gasteiger partial charge is 0.239 e. The van der Waals surface area contributed by atoms with Crippen LogP contribution in [0.3, 0.4) is 0 Å². The molecule has 0 aromatic carbocycles. The third kappa shape index (κ3) is 3.88. The second-order valence-electron chi connectivity index (χ2n) is 5.44. The molecule has 0 radical (unpaired) electrons. The first kappa shape index (κ1) is 14.8. The molecule has 1 heterocycles. The van der Waals surface area contributed by atoms with Crippen molar-refractivity contribution in [3.05, 3.63) is 0 Å². The third-order valence-corrected chi connectivity index (χ3v) is 4.47. The second-order valence-corrected chi connectivity index (χ2v) is 6.42. The van der Waals surface area contributed by atoms with Crippen molar-refractivity contribution < 1.29 is 4.79 Å². The van der Waals surface area contributed by atoms with Gasteiger partial charge in [-0.3, -0.25) is 4.79 Å². The van der Waals surface area contributed by atoms with Crippen molar-refractivity contribution in [3.8, 4) is 0 Å². The van der Waals surface area contributed by atoms with Crippen LogP contribution in [-0.2, 0) is 4.79 Å². The van der Waals surface area contributed by atoms with Gasteiger partial charge in [-0.15, -0.1) is 0 Å². The molecule has 1 fully saturated rings. The van der Waals surface area contributed by atoms with Gasteiger partial charge in [0.2, 0.25) is 5.91 Å². The van der Waals surface area contributed by atoms with Gasteiger partial charge in [0.15, 0.2) is 0 Å². The van der Waals surface area contributed by atoms with Gasteiger partial charge in [0.25, 0.3) is 0 Å². The Morgan fingerprint density at radius 1 is 1.47 bits per heavy atom. The first-order valence-electron chi connectivity index (χ1n) is 6.52. The summed E-state index contributed by atoms with van der Waals surface area (Å²) in [5.74, 6) is 2.28. The van der Waals surface area contributed by atoms with Crippen LogP contribution in [0.25, 0.3) is 0 Å². The van der Waals surface area contributed by atoms with Gasteiger partial charge >= 0.3 is 0 Å². The van der Waals surface area contributed by atoms with Crippen LogP contribution in [0, 0.1) is 11.8 Å². The summed E-state index contributed by atoms with van der Waals surface area (Å²) in [7, 11) is 0. The van der Waals surface area contributed by atoms with E-state index in [-0.39, 0.29) is 11.9 Å². The van der Waals surface area contributed by atoms with Crippen molar-refractivity contribution >= 4 is 17.7 Å². The predicted octanol–water partition coefficient (Wildman–Crippen LogP) is 1.96. The number of carbonyl (C=O) groups is 1. The standard InChI is InChI=1S/C13H26N2OS/c1-9-7-10(2)11(3)15(8-9)13(16)12(14)5-6-17-4/h9-12H,5-8,14H2,1-4H3/t9?,10?,11?,12-/m1/s1. The Hall–Kier alpha value is -0.220. The number of thioether (sulfide) groups is 1. The highest BCUT2D eigenvalue weighted by Gasteiger charge is 2.33. The number of likely N-dealkylation sites (tertiary alicyclic amines) is 1. The van der Waals surface area contributed by atoms with Gasteiger partial charge in [-0.25, -0.2) is 0 Å². The summed E-state index contributed by atoms with van der Waals surface area (Å²) in [5.41, 5.74) is 5.98. The van der Waals surface area contributed by atoms with Crippen LogP contribution in [0.5, 0.6) is 0 Å². The summed E-state index contributed by atoms with van der Waals surface area (Å²) in [5, 5.41) is 0. The molecule has 3 unspecified atom stereocenters. The second kappa shape index (κ2) is 6.64. The van der Waals surface area contributed by atoms with Crippen LogP contribution >= 0.6 is 11.8 Å². The van der Waals surface area contributed by atoms with Gasteiger partial charge in [0, 0.05) is 12.6 Å². The molecule has 1 saturated heterocycles. The molecule has 3 nitrogen and oxygen atoms in total. The number of carbonyl (C=O) groups excluding carboxylic acids is 1. The monoisotopic (exact) mass is 258 g/mol. The molecule has 4 atom stereocenters. The van der Waals surface area contributed by atoms with E-state index < -0.39 is 0 Å². The topological polar surface area (TPSA) is 46.3 Å². The molecule has 1 rings (SSSR count). The summed E-state index contributed by atoms with van der Waals surface area (Å²) in [6.45, 7) is 7.47. The van der Waals surface area contributed by atoms with Crippen LogP contribution in [0.2, 0.25) is 0 Å². The lowest BCUT2D eigenvalue weighted by Gasteiger charge is -2.42. The van der Waals surface area contributed by atoms with Gasteiger partial charge < -0.3 is 10.6 Å². The maximum absolute atomic E-state index is 12.3. The van der Waals surface area contributed by atoms with Crippen molar-refractivity contribution in [3.63, 3.8) is 0 Å². The molecule has 0 saturated carbocycles. The van der Waals surface area contributed by atoms with Gasteiger partial charge in [0.05, 0.1) is 6.04 Å². The highest BCUT2D eigenvalue weighted by atomic mass is 32.2. The van der Waals surface area contributed by atoms with Crippen LogP contribution < -0.4 is 5.73 Å². The maximum atomic E-state index is 12.3. The number of amides is 1. The Morgan fingerprint density at radius 2 is 2.12 bits per heavy atom. The Morgan fingerprint density at radius 3 is 2.71 bits per heavy atom. The molecule has 0 aromatic heterocycles. The molecule has 0 aromatic rings. The summed E-state index contributed by atoms with van der Waals surface area (Å²) >= 11 is 1.75. The molecule has 1 aliphatic heterocycles. The zero-order valence-electron chi connectivity index (χ0n) is 11.5. The lowest BCUT2D eigenvalue weighted by atomic mass is 9.85. The van der Waals surface area contributed by atoms with Crippen LogP contribution in [0.15, 0.2) is 0 Å². The van der Waals surface area contributed by atoms with Gasteiger partial charge in [-0.05, 0) is 43.6 Å². The molecular weight excluding hydrogens is 232 g/mol. The number of nitrogens with zero attached hydrogens (tertiary/aromatic N) is 1. The average molecular weight is 258 g/mol. The van der Waals surface area contributed by atoms with Crippen molar-refractivity contribution in [2.75, 3.05) is 18.6 Å². The minimum atomic E-state index is -0.317. The summed E-state index contributed by atoms with van der Waals surface area (Å²) in [4.78, 5) is 14.3. The number of piperidine rings is 1. The normalized spacial score (nSPS) is 31.4. The van der Waals surface area contributed by atoms with Crippen LogP contribution in [-0.4, -0.2) is 41.4 Å². The summed E-state index contributed by atoms with van der Waals surface area (Å²) < 4.78 is 0. The highest BCUT2D eigenvalue weighted by Crippen LogP contribution is 2.27. The van der Waals surface area contributed by atoms with Gasteiger partial charge in [-0.1, -0.05) is 13.8 Å². The molecular formula is C13H26N2OS. The van der Waals surface area contributed by atoms with E-state index in [4.69, 9.17) is 5.73 Å². The van der Waals surface area contributed by atoms with Crippen LogP contribution in [0.4, 0.5) is 0 Å². The minimum Gasteiger partial charge on any atom is -0.338 e. The lowest BCUT2D eigenvalue weighted by molar-refractivity contribution is -0.138. The molecule has 0 aliphatic carbocycles. The van der Waals surface area contributed by atoms with Gasteiger partial charge in [-0.2, -0.15) is 11.8 Å². The molecule has 1 amide bonds. The maximum Gasteiger partial charge on any atom is 0.239 e. The quantitative estimate of drug-likeness (QED) is 0.838. The lowest BCUT2D eigenvalue weighted by Crippen LogP contribution is -2.54. The Kier molecular flexibility index (Phi) is 5.80. The Bertz CT molecular complexity index is 260. The van der Waals surface area contributed by atoms with Gasteiger partial charge in [0.1, 0.15) is 0 Å². The van der Waals surface area contributed by atoms with E-state index in [0.717, 1.165) is 18.7 Å². The Balaban J connectivity index is 2.60. The summed E-state index contributed by atoms with van der Waals surface area (Å²) in [6.07, 6.45) is 4.04. The predicted molar refractivity (Wildman–Crippen MR) is 75.1 cm³/mol. The van der Waals surface area contributed by atoms with E-state index in [1.807, 2.05) is 11.2 Å². The third-order valence-electron chi connectivity index (χ3n) is 3.83. The number of rotatable bonds is 4.